The Bertz CT molecular complexity index is 740. The van der Waals surface area contributed by atoms with Crippen molar-refractivity contribution in [2.75, 3.05) is 0 Å². The minimum Gasteiger partial charge on any atom is -0.408 e. The van der Waals surface area contributed by atoms with Gasteiger partial charge in [-0.25, -0.2) is 10.1 Å². The zero-order chi connectivity index (χ0) is 13.2. The number of nitrogens with one attached hydrogen (secondary N) is 1. The predicted octanol–water partition coefficient (Wildman–Crippen LogP) is 4.09. The zero-order valence-electron chi connectivity index (χ0n) is 10.2. The molecule has 0 atom stereocenters. The summed E-state index contributed by atoms with van der Waals surface area (Å²) in [5.74, 6) is 0.428. The highest BCUT2D eigenvalue weighted by molar-refractivity contribution is 7.71. The van der Waals surface area contributed by atoms with Crippen molar-refractivity contribution in [2.45, 2.75) is 13.3 Å². The molecule has 0 bridgehead atoms. The first kappa shape index (κ1) is 12.3. The van der Waals surface area contributed by atoms with Crippen LogP contribution in [0.5, 0.6) is 0 Å². The average Bonchev–Trinajstić information content (AvgIpc) is 3.07. The van der Waals surface area contributed by atoms with Crippen molar-refractivity contribution >= 4 is 23.6 Å². The van der Waals surface area contributed by atoms with E-state index in [9.17, 15) is 0 Å². The van der Waals surface area contributed by atoms with Crippen molar-refractivity contribution in [3.63, 3.8) is 0 Å². The van der Waals surface area contributed by atoms with Gasteiger partial charge in [0.05, 0.1) is 0 Å². The van der Waals surface area contributed by atoms with Gasteiger partial charge in [-0.15, -0.1) is 16.4 Å². The van der Waals surface area contributed by atoms with Crippen molar-refractivity contribution in [3.05, 3.63) is 40.0 Å². The molecule has 0 aliphatic carbocycles. The Morgan fingerprint density at radius 2 is 2.11 bits per heavy atom. The van der Waals surface area contributed by atoms with Crippen molar-refractivity contribution < 1.29 is 4.42 Å². The molecule has 1 aromatic carbocycles. The highest BCUT2D eigenvalue weighted by Gasteiger charge is 2.10. The normalized spacial score (nSPS) is 10.8. The van der Waals surface area contributed by atoms with Gasteiger partial charge in [-0.05, 0) is 24.2 Å². The van der Waals surface area contributed by atoms with E-state index in [-0.39, 0.29) is 4.84 Å². The van der Waals surface area contributed by atoms with E-state index in [1.54, 1.807) is 11.3 Å². The molecule has 0 radical (unpaired) electrons. The maximum Gasteiger partial charge on any atom is 0.284 e. The Labute approximate surface area is 119 Å². The standard InChI is InChI=1S/C13H11N3OS2/c1-2-8-3-5-9(6-4-8)12-14-10(7-19-12)11-15-16-13(18)17-11/h3-7H,2H2,1H3,(H,16,18). The van der Waals surface area contributed by atoms with E-state index >= 15 is 0 Å². The SMILES string of the molecule is CCc1ccc(-c2nc(-c3n[nH]c(=S)o3)cs2)cc1. The molecule has 2 aromatic heterocycles. The molecule has 0 saturated carbocycles. The molecule has 2 heterocycles. The summed E-state index contributed by atoms with van der Waals surface area (Å²) in [6.45, 7) is 2.14. The summed E-state index contributed by atoms with van der Waals surface area (Å²) < 4.78 is 5.25. The van der Waals surface area contributed by atoms with E-state index in [2.05, 4.69) is 46.4 Å². The molecule has 0 saturated heterocycles. The molecular formula is C13H11N3OS2. The van der Waals surface area contributed by atoms with Gasteiger partial charge < -0.3 is 4.42 Å². The van der Waals surface area contributed by atoms with Crippen LogP contribution in [0.3, 0.4) is 0 Å². The lowest BCUT2D eigenvalue weighted by atomic mass is 10.1. The van der Waals surface area contributed by atoms with Crippen LogP contribution in [0.25, 0.3) is 22.2 Å². The van der Waals surface area contributed by atoms with Gasteiger partial charge in [-0.2, -0.15) is 0 Å². The third-order valence-electron chi connectivity index (χ3n) is 2.77. The molecule has 19 heavy (non-hydrogen) atoms. The fraction of sp³-hybridized carbons (Fsp3) is 0.154. The molecule has 0 amide bonds. The number of aromatic amines is 1. The number of aryl methyl sites for hydroxylation is 1. The second-order valence-corrected chi connectivity index (χ2v) is 5.24. The van der Waals surface area contributed by atoms with E-state index in [0.717, 1.165) is 17.0 Å². The van der Waals surface area contributed by atoms with Crippen LogP contribution in [0.15, 0.2) is 34.1 Å². The largest absolute Gasteiger partial charge is 0.408 e. The fourth-order valence-electron chi connectivity index (χ4n) is 1.73. The van der Waals surface area contributed by atoms with E-state index in [4.69, 9.17) is 16.6 Å². The predicted molar refractivity (Wildman–Crippen MR) is 77.6 cm³/mol. The topological polar surface area (TPSA) is 54.7 Å². The first-order valence-corrected chi connectivity index (χ1v) is 7.16. The Morgan fingerprint density at radius 1 is 1.32 bits per heavy atom. The summed E-state index contributed by atoms with van der Waals surface area (Å²) in [5, 5.41) is 9.42. The van der Waals surface area contributed by atoms with Crippen LogP contribution >= 0.6 is 23.6 Å². The monoisotopic (exact) mass is 289 g/mol. The molecule has 3 aromatic rings. The summed E-state index contributed by atoms with van der Waals surface area (Å²) in [6.07, 6.45) is 1.04. The van der Waals surface area contributed by atoms with Gasteiger partial charge in [0, 0.05) is 10.9 Å². The molecule has 0 aliphatic rings. The summed E-state index contributed by atoms with van der Waals surface area (Å²) in [6, 6.07) is 8.41. The van der Waals surface area contributed by atoms with Gasteiger partial charge >= 0.3 is 0 Å². The van der Waals surface area contributed by atoms with Crippen molar-refractivity contribution in [3.8, 4) is 22.2 Å². The van der Waals surface area contributed by atoms with Crippen molar-refractivity contribution in [1.82, 2.24) is 15.2 Å². The third kappa shape index (κ3) is 2.50. The smallest absolute Gasteiger partial charge is 0.284 e. The molecule has 6 heteroatoms. The number of H-pyrrole nitrogens is 1. The first-order chi connectivity index (χ1) is 9.26. The van der Waals surface area contributed by atoms with Gasteiger partial charge in [0.1, 0.15) is 10.7 Å². The summed E-state index contributed by atoms with van der Waals surface area (Å²) in [7, 11) is 0. The van der Waals surface area contributed by atoms with Gasteiger partial charge in [-0.3, -0.25) is 0 Å². The lowest BCUT2D eigenvalue weighted by Crippen LogP contribution is -1.82. The number of thiazole rings is 1. The maximum atomic E-state index is 5.25. The molecule has 4 nitrogen and oxygen atoms in total. The maximum absolute atomic E-state index is 5.25. The van der Waals surface area contributed by atoms with E-state index in [1.165, 1.54) is 5.56 Å². The second kappa shape index (κ2) is 5.07. The quantitative estimate of drug-likeness (QED) is 0.738. The van der Waals surface area contributed by atoms with Gasteiger partial charge in [0.2, 0.25) is 0 Å². The lowest BCUT2D eigenvalue weighted by Gasteiger charge is -1.98. The number of benzene rings is 1. The van der Waals surface area contributed by atoms with E-state index < -0.39 is 0 Å². The van der Waals surface area contributed by atoms with Gasteiger partial charge in [-0.1, -0.05) is 31.2 Å². The average molecular weight is 289 g/mol. The number of hydrogen-bond acceptors (Lipinski definition) is 5. The number of aromatic nitrogens is 3. The van der Waals surface area contributed by atoms with Crippen molar-refractivity contribution in [2.24, 2.45) is 0 Å². The number of rotatable bonds is 3. The van der Waals surface area contributed by atoms with Crippen LogP contribution < -0.4 is 0 Å². The summed E-state index contributed by atoms with van der Waals surface area (Å²) >= 11 is 6.41. The summed E-state index contributed by atoms with van der Waals surface area (Å²) in [4.78, 5) is 4.78. The van der Waals surface area contributed by atoms with Crippen LogP contribution in [0.4, 0.5) is 0 Å². The molecule has 0 spiro atoms. The summed E-state index contributed by atoms with van der Waals surface area (Å²) in [5.41, 5.74) is 3.12. The van der Waals surface area contributed by atoms with Crippen LogP contribution in [0, 0.1) is 4.84 Å². The number of hydrogen-bond donors (Lipinski definition) is 1. The molecular weight excluding hydrogens is 278 g/mol. The van der Waals surface area contributed by atoms with Crippen LogP contribution in [-0.2, 0) is 6.42 Å². The number of nitrogens with zero attached hydrogens (tertiary/aromatic N) is 2. The minimum atomic E-state index is 0.261. The third-order valence-corrected chi connectivity index (χ3v) is 3.84. The van der Waals surface area contributed by atoms with Crippen LogP contribution in [0.2, 0.25) is 0 Å². The second-order valence-electron chi connectivity index (χ2n) is 4.01. The Kier molecular flexibility index (Phi) is 3.27. The van der Waals surface area contributed by atoms with Gasteiger partial charge in [0.25, 0.3) is 10.7 Å². The molecule has 3 rings (SSSR count). The first-order valence-electron chi connectivity index (χ1n) is 5.87. The highest BCUT2D eigenvalue weighted by Crippen LogP contribution is 2.28. The van der Waals surface area contributed by atoms with Crippen molar-refractivity contribution in [1.29, 1.82) is 0 Å². The molecule has 0 aliphatic heterocycles. The van der Waals surface area contributed by atoms with Crippen LogP contribution in [-0.4, -0.2) is 15.2 Å². The fourth-order valence-corrected chi connectivity index (χ4v) is 2.65. The van der Waals surface area contributed by atoms with E-state index in [1.807, 2.05) is 5.38 Å². The lowest BCUT2D eigenvalue weighted by molar-refractivity contribution is 0.550. The highest BCUT2D eigenvalue weighted by atomic mass is 32.1. The molecule has 0 fully saturated rings. The van der Waals surface area contributed by atoms with Crippen LogP contribution in [0.1, 0.15) is 12.5 Å². The molecule has 96 valence electrons. The Morgan fingerprint density at radius 3 is 2.74 bits per heavy atom. The molecule has 0 unspecified atom stereocenters. The van der Waals surface area contributed by atoms with Gasteiger partial charge in [0.15, 0.2) is 0 Å². The Balaban J connectivity index is 1.94. The molecule has 1 N–H and O–H groups in total. The van der Waals surface area contributed by atoms with E-state index in [0.29, 0.717) is 11.6 Å². The Hall–Kier alpha value is -1.79. The zero-order valence-corrected chi connectivity index (χ0v) is 11.8. The minimum absolute atomic E-state index is 0.261.